The van der Waals surface area contributed by atoms with Crippen molar-refractivity contribution in [2.24, 2.45) is 0 Å². The second kappa shape index (κ2) is 8.45. The maximum atomic E-state index is 11.8. The zero-order valence-electron chi connectivity index (χ0n) is 18.5. The van der Waals surface area contributed by atoms with Crippen molar-refractivity contribution < 1.29 is 8.42 Å². The van der Waals surface area contributed by atoms with E-state index in [0.29, 0.717) is 40.8 Å². The van der Waals surface area contributed by atoms with Gasteiger partial charge in [0.05, 0.1) is 30.4 Å². The molecule has 1 aliphatic heterocycles. The van der Waals surface area contributed by atoms with Gasteiger partial charge in [0.15, 0.2) is 11.6 Å². The first-order chi connectivity index (χ1) is 15.2. The molecular formula is C21H28N8O2S. The van der Waals surface area contributed by atoms with Gasteiger partial charge in [0.2, 0.25) is 10.0 Å². The van der Waals surface area contributed by atoms with Crippen LogP contribution < -0.4 is 14.5 Å². The summed E-state index contributed by atoms with van der Waals surface area (Å²) in [6, 6.07) is 1.75. The molecule has 3 heterocycles. The summed E-state index contributed by atoms with van der Waals surface area (Å²) in [6.45, 7) is 3.70. The number of hydrogen-bond donors (Lipinski definition) is 3. The van der Waals surface area contributed by atoms with Crippen LogP contribution in [0.3, 0.4) is 0 Å². The Labute approximate surface area is 188 Å². The van der Waals surface area contributed by atoms with Gasteiger partial charge in [-0.05, 0) is 32.3 Å². The molecule has 1 saturated carbocycles. The quantitative estimate of drug-likeness (QED) is 0.463. The van der Waals surface area contributed by atoms with Gasteiger partial charge in [-0.2, -0.15) is 0 Å². The molecule has 10 nitrogen and oxygen atoms in total. The molecule has 32 heavy (non-hydrogen) atoms. The minimum absolute atomic E-state index is 0.195. The number of anilines is 3. The number of nitrogens with one attached hydrogen (secondary N) is 3. The fraction of sp³-hybridized carbons (Fsp3) is 0.476. The number of nitrogens with zero attached hydrogens (tertiary/aromatic N) is 5. The predicted molar refractivity (Wildman–Crippen MR) is 126 cm³/mol. The molecule has 0 saturated heterocycles. The van der Waals surface area contributed by atoms with E-state index in [1.54, 1.807) is 30.3 Å². The van der Waals surface area contributed by atoms with E-state index in [2.05, 4.69) is 19.6 Å². The summed E-state index contributed by atoms with van der Waals surface area (Å²) in [5, 5.41) is 17.1. The molecule has 1 aliphatic carbocycles. The van der Waals surface area contributed by atoms with Crippen molar-refractivity contribution in [3.05, 3.63) is 24.7 Å². The fourth-order valence-electron chi connectivity index (χ4n) is 4.63. The van der Waals surface area contributed by atoms with E-state index < -0.39 is 10.0 Å². The molecule has 0 aromatic carbocycles. The van der Waals surface area contributed by atoms with Gasteiger partial charge in [0.1, 0.15) is 17.4 Å². The number of amidine groups is 2. The van der Waals surface area contributed by atoms with Crippen molar-refractivity contribution in [3.63, 3.8) is 0 Å². The number of rotatable bonds is 5. The Hall–Kier alpha value is -3.08. The Morgan fingerprint density at radius 1 is 1.28 bits per heavy atom. The van der Waals surface area contributed by atoms with Crippen LogP contribution in [0.2, 0.25) is 0 Å². The van der Waals surface area contributed by atoms with Crippen LogP contribution in [-0.2, 0) is 10.0 Å². The largest absolute Gasteiger partial charge is 0.342 e. The Morgan fingerprint density at radius 2 is 2.00 bits per heavy atom. The first-order valence-electron chi connectivity index (χ1n) is 10.7. The number of fused-ring (bicyclic) bond motifs is 1. The molecule has 4 rings (SSSR count). The van der Waals surface area contributed by atoms with Crippen LogP contribution in [0.1, 0.15) is 46.0 Å². The maximum absolute atomic E-state index is 11.8. The van der Waals surface area contributed by atoms with Crippen LogP contribution >= 0.6 is 0 Å². The molecule has 2 aromatic rings. The first kappa shape index (κ1) is 22.1. The third-order valence-corrected chi connectivity index (χ3v) is 6.52. The van der Waals surface area contributed by atoms with Crippen molar-refractivity contribution in [3.8, 4) is 11.4 Å². The SMILES string of the molecule is CCC1C(=N)N(C(C)=N)c2cnc(-c3ccncc3NS(C)(=O)=O)nc2N1C1CCCC1. The van der Waals surface area contributed by atoms with Gasteiger partial charge in [-0.25, -0.2) is 18.4 Å². The fourth-order valence-corrected chi connectivity index (χ4v) is 5.20. The van der Waals surface area contributed by atoms with Crippen molar-refractivity contribution in [2.75, 3.05) is 20.8 Å². The standard InChI is InChI=1S/C21H28N8O2S/c1-4-17-19(23)28(13(2)22)18-12-25-20(26-21(18)29(17)14-7-5-6-8-14)15-9-10-24-11-16(15)27-32(3,30)31/h9-12,14,17,22-23,27H,4-8H2,1-3H3. The number of hydrogen-bond acceptors (Lipinski definition) is 8. The summed E-state index contributed by atoms with van der Waals surface area (Å²) in [5.41, 5.74) is 1.43. The topological polar surface area (TPSA) is 139 Å². The first-order valence-corrected chi connectivity index (χ1v) is 12.6. The lowest BCUT2D eigenvalue weighted by Crippen LogP contribution is -2.57. The van der Waals surface area contributed by atoms with E-state index in [4.69, 9.17) is 15.8 Å². The van der Waals surface area contributed by atoms with Crippen molar-refractivity contribution in [1.82, 2.24) is 15.0 Å². The van der Waals surface area contributed by atoms with E-state index in [-0.39, 0.29) is 17.9 Å². The summed E-state index contributed by atoms with van der Waals surface area (Å²) in [5.74, 6) is 1.64. The maximum Gasteiger partial charge on any atom is 0.229 e. The van der Waals surface area contributed by atoms with E-state index in [1.807, 2.05) is 6.92 Å². The molecule has 1 unspecified atom stereocenters. The molecule has 0 spiro atoms. The number of sulfonamides is 1. The van der Waals surface area contributed by atoms with Crippen LogP contribution in [0.15, 0.2) is 24.7 Å². The lowest BCUT2D eigenvalue weighted by atomic mass is 10.0. The van der Waals surface area contributed by atoms with Crippen molar-refractivity contribution in [2.45, 2.75) is 58.0 Å². The molecule has 11 heteroatoms. The molecule has 2 aromatic heterocycles. The highest BCUT2D eigenvalue weighted by Crippen LogP contribution is 2.41. The second-order valence-electron chi connectivity index (χ2n) is 8.27. The Kier molecular flexibility index (Phi) is 5.85. The van der Waals surface area contributed by atoms with Gasteiger partial charge in [-0.15, -0.1) is 0 Å². The van der Waals surface area contributed by atoms with Crippen LogP contribution in [0, 0.1) is 10.8 Å². The Morgan fingerprint density at radius 3 is 2.62 bits per heavy atom. The molecule has 2 aliphatic rings. The minimum atomic E-state index is -3.51. The molecule has 0 radical (unpaired) electrons. The Bertz CT molecular complexity index is 1160. The summed E-state index contributed by atoms with van der Waals surface area (Å²) in [6.07, 6.45) is 10.8. The molecule has 1 atom stereocenters. The lowest BCUT2D eigenvalue weighted by molar-refractivity contribution is 0.548. The summed E-state index contributed by atoms with van der Waals surface area (Å²) in [7, 11) is -3.51. The van der Waals surface area contributed by atoms with Gasteiger partial charge in [0, 0.05) is 17.8 Å². The number of aromatic nitrogens is 3. The molecular weight excluding hydrogens is 428 g/mol. The van der Waals surface area contributed by atoms with E-state index in [1.165, 1.54) is 6.20 Å². The highest BCUT2D eigenvalue weighted by molar-refractivity contribution is 7.92. The van der Waals surface area contributed by atoms with Gasteiger partial charge >= 0.3 is 0 Å². The van der Waals surface area contributed by atoms with Gasteiger partial charge in [0.25, 0.3) is 0 Å². The normalized spacial score (nSPS) is 19.2. The zero-order chi connectivity index (χ0) is 23.0. The zero-order valence-corrected chi connectivity index (χ0v) is 19.3. The second-order valence-corrected chi connectivity index (χ2v) is 10.0. The van der Waals surface area contributed by atoms with Crippen LogP contribution in [0.4, 0.5) is 17.2 Å². The monoisotopic (exact) mass is 456 g/mol. The predicted octanol–water partition coefficient (Wildman–Crippen LogP) is 3.23. The van der Waals surface area contributed by atoms with E-state index in [9.17, 15) is 8.42 Å². The lowest BCUT2D eigenvalue weighted by Gasteiger charge is -2.46. The van der Waals surface area contributed by atoms with Gasteiger partial charge in [-0.1, -0.05) is 19.8 Å². The van der Waals surface area contributed by atoms with Gasteiger partial charge in [-0.3, -0.25) is 25.4 Å². The molecule has 170 valence electrons. The average Bonchev–Trinajstić information content (AvgIpc) is 3.26. The minimum Gasteiger partial charge on any atom is -0.342 e. The summed E-state index contributed by atoms with van der Waals surface area (Å²) in [4.78, 5) is 17.2. The molecule has 0 bridgehead atoms. The van der Waals surface area contributed by atoms with Crippen molar-refractivity contribution in [1.29, 1.82) is 10.8 Å². The van der Waals surface area contributed by atoms with Gasteiger partial charge < -0.3 is 4.90 Å². The number of pyridine rings is 1. The molecule has 3 N–H and O–H groups in total. The third-order valence-electron chi connectivity index (χ3n) is 5.93. The average molecular weight is 457 g/mol. The van der Waals surface area contributed by atoms with E-state index in [0.717, 1.165) is 31.9 Å². The smallest absolute Gasteiger partial charge is 0.229 e. The Balaban J connectivity index is 1.89. The van der Waals surface area contributed by atoms with Crippen molar-refractivity contribution >= 4 is 38.9 Å². The summed E-state index contributed by atoms with van der Waals surface area (Å²) < 4.78 is 26.2. The highest BCUT2D eigenvalue weighted by atomic mass is 32.2. The highest BCUT2D eigenvalue weighted by Gasteiger charge is 2.41. The molecule has 0 amide bonds. The molecule has 1 fully saturated rings. The van der Waals surface area contributed by atoms with E-state index >= 15 is 0 Å². The third kappa shape index (κ3) is 4.04. The van der Waals surface area contributed by atoms with Crippen LogP contribution in [0.5, 0.6) is 0 Å². The van der Waals surface area contributed by atoms with Crippen LogP contribution in [-0.4, -0.2) is 53.4 Å². The van der Waals surface area contributed by atoms with Crippen LogP contribution in [0.25, 0.3) is 11.4 Å². The summed E-state index contributed by atoms with van der Waals surface area (Å²) >= 11 is 0.